The fourth-order valence-corrected chi connectivity index (χ4v) is 3.88. The maximum Gasteiger partial charge on any atom is 0.340 e. The molecule has 30 heavy (non-hydrogen) atoms. The van der Waals surface area contributed by atoms with Gasteiger partial charge in [-0.3, -0.25) is 4.79 Å². The van der Waals surface area contributed by atoms with Crippen molar-refractivity contribution in [1.82, 2.24) is 0 Å². The van der Waals surface area contributed by atoms with Crippen molar-refractivity contribution in [2.45, 2.75) is 25.6 Å². The highest BCUT2D eigenvalue weighted by Gasteiger charge is 2.30. The van der Waals surface area contributed by atoms with Gasteiger partial charge in [-0.1, -0.05) is 11.6 Å². The minimum absolute atomic E-state index is 0.124. The Morgan fingerprint density at radius 1 is 1.23 bits per heavy atom. The van der Waals surface area contributed by atoms with Gasteiger partial charge < -0.3 is 23.7 Å². The molecule has 0 amide bonds. The Balaban J connectivity index is 1.40. The number of carbonyl (C=O) groups excluding carboxylic acids is 2. The second-order valence-corrected chi connectivity index (χ2v) is 7.55. The van der Waals surface area contributed by atoms with Crippen LogP contribution in [0.5, 0.6) is 17.2 Å². The molecule has 1 atom stereocenters. The molecule has 8 heteroatoms. The highest BCUT2D eigenvalue weighted by molar-refractivity contribution is 6.31. The van der Waals surface area contributed by atoms with Gasteiger partial charge in [0.2, 0.25) is 5.78 Å². The zero-order chi connectivity index (χ0) is 20.7. The highest BCUT2D eigenvalue weighted by Crippen LogP contribution is 2.38. The van der Waals surface area contributed by atoms with Crippen LogP contribution in [0.1, 0.15) is 34.3 Å². The van der Waals surface area contributed by atoms with E-state index in [9.17, 15) is 9.59 Å². The number of hydrogen-bond donors (Lipinski definition) is 0. The minimum atomic E-state index is -0.547. The van der Waals surface area contributed by atoms with Crippen LogP contribution in [-0.4, -0.2) is 31.3 Å². The predicted molar refractivity (Wildman–Crippen MR) is 106 cm³/mol. The molecular weight excluding hydrogens is 412 g/mol. The van der Waals surface area contributed by atoms with Gasteiger partial charge in [-0.15, -0.1) is 0 Å². The number of ether oxygens (including phenoxy) is 5. The Bertz CT molecular complexity index is 1070. The Morgan fingerprint density at radius 3 is 2.97 bits per heavy atom. The average Bonchev–Trinajstić information content (AvgIpc) is 3.37. The van der Waals surface area contributed by atoms with Gasteiger partial charge >= 0.3 is 5.97 Å². The maximum absolute atomic E-state index is 12.8. The summed E-state index contributed by atoms with van der Waals surface area (Å²) >= 11 is 6.19. The van der Waals surface area contributed by atoms with Gasteiger partial charge in [-0.2, -0.15) is 0 Å². The number of ketones is 1. The van der Waals surface area contributed by atoms with Crippen molar-refractivity contribution in [2.75, 3.05) is 13.4 Å². The molecule has 1 fully saturated rings. The van der Waals surface area contributed by atoms with Crippen LogP contribution in [0, 0.1) is 0 Å². The van der Waals surface area contributed by atoms with E-state index in [1.54, 1.807) is 30.3 Å². The van der Waals surface area contributed by atoms with Gasteiger partial charge in [0.25, 0.3) is 0 Å². The molecule has 2 aromatic rings. The monoisotopic (exact) mass is 428 g/mol. The molecule has 0 bridgehead atoms. The molecule has 3 aliphatic rings. The summed E-state index contributed by atoms with van der Waals surface area (Å²) < 4.78 is 27.3. The van der Waals surface area contributed by atoms with Gasteiger partial charge in [0.05, 0.1) is 12.2 Å². The number of Topliss-reactive ketones (excluding diaryl/α,β-unsaturated/α-hetero) is 1. The Hall–Kier alpha value is -2.87. The average molecular weight is 429 g/mol. The minimum Gasteiger partial charge on any atom is -0.467 e. The molecule has 0 spiro atoms. The van der Waals surface area contributed by atoms with Crippen LogP contribution in [-0.2, 0) is 20.9 Å². The van der Waals surface area contributed by atoms with Crippen LogP contribution < -0.4 is 14.2 Å². The summed E-state index contributed by atoms with van der Waals surface area (Å²) in [7, 11) is 0. The largest absolute Gasteiger partial charge is 0.467 e. The van der Waals surface area contributed by atoms with Crippen LogP contribution in [0.3, 0.4) is 0 Å². The summed E-state index contributed by atoms with van der Waals surface area (Å²) in [6.07, 6.45) is 2.52. The molecule has 1 saturated heterocycles. The van der Waals surface area contributed by atoms with Crippen molar-refractivity contribution < 1.29 is 33.3 Å². The van der Waals surface area contributed by atoms with E-state index in [1.807, 2.05) is 0 Å². The third kappa shape index (κ3) is 3.56. The molecule has 3 aliphatic heterocycles. The SMILES string of the molecule is O=C1/C(=C/c2cc(Cl)cc3c2OCOC3)Oc2cc(OC(=O)C3CCCO3)ccc21. The van der Waals surface area contributed by atoms with Gasteiger partial charge in [-0.25, -0.2) is 4.79 Å². The van der Waals surface area contributed by atoms with E-state index in [1.165, 1.54) is 6.07 Å². The van der Waals surface area contributed by atoms with Crippen LogP contribution in [0.25, 0.3) is 6.08 Å². The molecular formula is C22H17ClO7. The molecule has 0 N–H and O–H groups in total. The quantitative estimate of drug-likeness (QED) is 0.416. The molecule has 7 nitrogen and oxygen atoms in total. The number of hydrogen-bond acceptors (Lipinski definition) is 7. The van der Waals surface area contributed by atoms with E-state index in [2.05, 4.69) is 0 Å². The third-order valence-corrected chi connectivity index (χ3v) is 5.26. The number of rotatable bonds is 3. The molecule has 5 rings (SSSR count). The summed E-state index contributed by atoms with van der Waals surface area (Å²) in [5, 5.41) is 0.501. The van der Waals surface area contributed by atoms with E-state index in [0.29, 0.717) is 53.0 Å². The Morgan fingerprint density at radius 2 is 2.13 bits per heavy atom. The van der Waals surface area contributed by atoms with E-state index < -0.39 is 12.1 Å². The van der Waals surface area contributed by atoms with Crippen molar-refractivity contribution in [2.24, 2.45) is 0 Å². The number of carbonyl (C=O) groups is 2. The summed E-state index contributed by atoms with van der Waals surface area (Å²) in [5.74, 6) is 0.636. The zero-order valence-electron chi connectivity index (χ0n) is 15.8. The standard InChI is InChI=1S/C22H17ClO7/c23-14-6-12(21-13(7-14)10-26-11-28-21)8-19-20(24)16-4-3-15(9-18(16)30-19)29-22(25)17-2-1-5-27-17/h3-4,6-9,17H,1-2,5,10-11H2/b19-8-. The lowest BCUT2D eigenvalue weighted by molar-refractivity contribution is -0.144. The molecule has 3 heterocycles. The van der Waals surface area contributed by atoms with Crippen molar-refractivity contribution in [3.05, 3.63) is 57.8 Å². The first-order chi connectivity index (χ1) is 14.6. The van der Waals surface area contributed by atoms with Crippen LogP contribution in [0.4, 0.5) is 0 Å². The first kappa shape index (κ1) is 19.1. The van der Waals surface area contributed by atoms with Gasteiger partial charge in [-0.05, 0) is 43.2 Å². The molecule has 0 saturated carbocycles. The Labute approximate surface area is 177 Å². The van der Waals surface area contributed by atoms with Crippen molar-refractivity contribution in [3.63, 3.8) is 0 Å². The molecule has 2 aromatic carbocycles. The lowest BCUT2D eigenvalue weighted by Crippen LogP contribution is -2.24. The van der Waals surface area contributed by atoms with Crippen LogP contribution >= 0.6 is 11.6 Å². The molecule has 1 unspecified atom stereocenters. The van der Waals surface area contributed by atoms with Crippen LogP contribution in [0.2, 0.25) is 5.02 Å². The van der Waals surface area contributed by atoms with Gasteiger partial charge in [0, 0.05) is 28.8 Å². The lowest BCUT2D eigenvalue weighted by atomic mass is 10.1. The normalized spacial score (nSPS) is 21.0. The Kier molecular flexibility index (Phi) is 4.94. The fourth-order valence-electron chi connectivity index (χ4n) is 3.63. The van der Waals surface area contributed by atoms with E-state index >= 15 is 0 Å². The number of fused-ring (bicyclic) bond motifs is 2. The van der Waals surface area contributed by atoms with Crippen molar-refractivity contribution >= 4 is 29.4 Å². The van der Waals surface area contributed by atoms with Gasteiger partial charge in [0.15, 0.2) is 18.7 Å². The van der Waals surface area contributed by atoms with Gasteiger partial charge in [0.1, 0.15) is 17.2 Å². The number of halogens is 1. The third-order valence-electron chi connectivity index (χ3n) is 5.04. The van der Waals surface area contributed by atoms with Crippen molar-refractivity contribution in [1.29, 1.82) is 0 Å². The summed E-state index contributed by atoms with van der Waals surface area (Å²) in [5.41, 5.74) is 1.81. The number of esters is 1. The molecule has 154 valence electrons. The zero-order valence-corrected chi connectivity index (χ0v) is 16.6. The van der Waals surface area contributed by atoms with E-state index in [4.69, 9.17) is 35.3 Å². The van der Waals surface area contributed by atoms with Crippen molar-refractivity contribution in [3.8, 4) is 17.2 Å². The lowest BCUT2D eigenvalue weighted by Gasteiger charge is -2.20. The second kappa shape index (κ2) is 7.75. The molecule has 0 aromatic heterocycles. The van der Waals surface area contributed by atoms with E-state index in [0.717, 1.165) is 12.0 Å². The smallest absolute Gasteiger partial charge is 0.340 e. The molecule has 0 radical (unpaired) electrons. The summed E-state index contributed by atoms with van der Waals surface area (Å²) in [4.78, 5) is 24.9. The number of benzene rings is 2. The first-order valence-corrected chi connectivity index (χ1v) is 9.91. The maximum atomic E-state index is 12.8. The van der Waals surface area contributed by atoms with Crippen LogP contribution in [0.15, 0.2) is 36.1 Å². The molecule has 0 aliphatic carbocycles. The van der Waals surface area contributed by atoms with E-state index in [-0.39, 0.29) is 18.3 Å². The topological polar surface area (TPSA) is 80.3 Å². The summed E-state index contributed by atoms with van der Waals surface area (Å²) in [6.45, 7) is 1.05. The highest BCUT2D eigenvalue weighted by atomic mass is 35.5. The summed E-state index contributed by atoms with van der Waals surface area (Å²) in [6, 6.07) is 8.14. The predicted octanol–water partition coefficient (Wildman–Crippen LogP) is 3.91. The second-order valence-electron chi connectivity index (χ2n) is 7.11. The number of allylic oxidation sites excluding steroid dienone is 1. The first-order valence-electron chi connectivity index (χ1n) is 9.53. The fraction of sp³-hybridized carbons (Fsp3) is 0.273.